The summed E-state index contributed by atoms with van der Waals surface area (Å²) in [5.41, 5.74) is 10.1. The number of hydrogen-bond acceptors (Lipinski definition) is 5. The van der Waals surface area contributed by atoms with Crippen molar-refractivity contribution in [3.05, 3.63) is 89.8 Å². The number of rotatable bonds is 9. The van der Waals surface area contributed by atoms with Crippen molar-refractivity contribution in [2.45, 2.75) is 73.0 Å². The molecule has 38 heavy (non-hydrogen) atoms. The third-order valence-corrected chi connectivity index (χ3v) is 6.05. The van der Waals surface area contributed by atoms with Crippen molar-refractivity contribution in [2.24, 2.45) is 16.6 Å². The molecule has 3 atom stereocenters. The molecule has 0 fully saturated rings. The van der Waals surface area contributed by atoms with E-state index in [-0.39, 0.29) is 29.4 Å². The van der Waals surface area contributed by atoms with E-state index >= 15 is 0 Å². The van der Waals surface area contributed by atoms with Gasteiger partial charge >= 0.3 is 0 Å². The number of carbonyl (C=O) groups is 1. The highest BCUT2D eigenvalue weighted by atomic mass is 19.1. The van der Waals surface area contributed by atoms with Crippen LogP contribution in [0.4, 0.5) is 10.1 Å². The molecule has 0 saturated carbocycles. The first kappa shape index (κ1) is 30.6. The molecule has 1 aromatic heterocycles. The number of carbonyl (C=O) groups excluding carboxylic acids is 1. The number of allylic oxidation sites excluding steroid dienone is 3. The average Bonchev–Trinajstić information content (AvgIpc) is 2.87. The van der Waals surface area contributed by atoms with Crippen LogP contribution in [0.15, 0.2) is 77.8 Å². The third kappa shape index (κ3) is 9.06. The molecule has 0 spiro atoms. The first-order valence-electron chi connectivity index (χ1n) is 13.2. The normalized spacial score (nSPS) is 18.6. The van der Waals surface area contributed by atoms with E-state index in [9.17, 15) is 9.18 Å². The number of nitrogens with zero attached hydrogens (tertiary/aromatic N) is 2. The van der Waals surface area contributed by atoms with Crippen LogP contribution >= 0.6 is 0 Å². The van der Waals surface area contributed by atoms with Crippen LogP contribution in [-0.4, -0.2) is 28.8 Å². The standard InChI is InChI=1S/C29H35FN4O2.C2H6/c1-6-19(3)33-28(21(5)31)29(35)34-27-17-32-11-10-26(27)23-12-18(2)13-25(16-23)36-20(4)14-22-8-7-9-24(30)15-22;1-2/h6-11,15-18,20,25H,5,12-14,31H2,1-4H3,(H,34,35);1-2H3/b19-6-,33-28?;. The number of nitrogens with two attached hydrogens (primary N) is 1. The lowest BCUT2D eigenvalue weighted by atomic mass is 9.85. The number of benzene rings is 1. The van der Waals surface area contributed by atoms with Crippen LogP contribution in [0.1, 0.15) is 65.5 Å². The predicted octanol–water partition coefficient (Wildman–Crippen LogP) is 6.85. The minimum absolute atomic E-state index is 0.0683. The summed E-state index contributed by atoms with van der Waals surface area (Å²) < 4.78 is 19.9. The zero-order valence-corrected chi connectivity index (χ0v) is 23.4. The van der Waals surface area contributed by atoms with E-state index in [0.29, 0.717) is 23.7 Å². The maximum Gasteiger partial charge on any atom is 0.276 e. The van der Waals surface area contributed by atoms with Crippen LogP contribution in [-0.2, 0) is 16.0 Å². The van der Waals surface area contributed by atoms with E-state index in [4.69, 9.17) is 10.5 Å². The summed E-state index contributed by atoms with van der Waals surface area (Å²) in [6, 6.07) is 8.50. The van der Waals surface area contributed by atoms with Gasteiger partial charge in [0.15, 0.2) is 5.71 Å². The van der Waals surface area contributed by atoms with Crippen LogP contribution in [0.3, 0.4) is 0 Å². The van der Waals surface area contributed by atoms with E-state index in [1.807, 2.05) is 39.8 Å². The van der Waals surface area contributed by atoms with Gasteiger partial charge in [-0.05, 0) is 75.3 Å². The van der Waals surface area contributed by atoms with Gasteiger partial charge in [-0.15, -0.1) is 0 Å². The van der Waals surface area contributed by atoms with Gasteiger partial charge in [0.05, 0.1) is 29.8 Å². The topological polar surface area (TPSA) is 89.6 Å². The van der Waals surface area contributed by atoms with E-state index in [0.717, 1.165) is 29.5 Å². The molecule has 204 valence electrons. The number of amides is 1. The molecule has 1 heterocycles. The highest BCUT2D eigenvalue weighted by Crippen LogP contribution is 2.35. The molecular weight excluding hydrogens is 479 g/mol. The predicted molar refractivity (Wildman–Crippen MR) is 155 cm³/mol. The molecule has 1 aliphatic rings. The lowest BCUT2D eigenvalue weighted by Gasteiger charge is -2.29. The second kappa shape index (κ2) is 15.0. The minimum atomic E-state index is -0.445. The van der Waals surface area contributed by atoms with Gasteiger partial charge in [-0.1, -0.05) is 51.6 Å². The maximum absolute atomic E-state index is 13.6. The molecule has 1 aromatic carbocycles. The summed E-state index contributed by atoms with van der Waals surface area (Å²) in [5, 5.41) is 2.91. The van der Waals surface area contributed by atoms with Gasteiger partial charge < -0.3 is 15.8 Å². The van der Waals surface area contributed by atoms with Crippen LogP contribution in [0.2, 0.25) is 0 Å². The molecule has 1 amide bonds. The SMILES string of the molecule is C=C(N)C(=N/C(C)=C\C)C(=O)Nc1cnccc1C1=CC(OC(C)Cc2cccc(F)c2)CC(C)C1.CC. The van der Waals surface area contributed by atoms with Crippen molar-refractivity contribution in [1.29, 1.82) is 0 Å². The molecule has 1 aliphatic carbocycles. The zero-order chi connectivity index (χ0) is 28.2. The molecule has 3 rings (SSSR count). The average molecular weight is 521 g/mol. The number of anilines is 1. The number of aliphatic imine (C=N–C) groups is 1. The number of hydrogen-bond donors (Lipinski definition) is 2. The Labute approximate surface area is 226 Å². The Morgan fingerprint density at radius 3 is 2.76 bits per heavy atom. The summed E-state index contributed by atoms with van der Waals surface area (Å²) in [6.07, 6.45) is 9.40. The Morgan fingerprint density at radius 1 is 1.37 bits per heavy atom. The fraction of sp³-hybridized carbons (Fsp3) is 0.387. The van der Waals surface area contributed by atoms with E-state index in [1.54, 1.807) is 37.5 Å². The maximum atomic E-state index is 13.6. The molecule has 0 bridgehead atoms. The lowest BCUT2D eigenvalue weighted by Crippen LogP contribution is -2.28. The Morgan fingerprint density at radius 2 is 2.11 bits per heavy atom. The summed E-state index contributed by atoms with van der Waals surface area (Å²) in [5.74, 6) is -0.307. The summed E-state index contributed by atoms with van der Waals surface area (Å²) in [6.45, 7) is 15.5. The highest BCUT2D eigenvalue weighted by molar-refractivity contribution is 6.48. The van der Waals surface area contributed by atoms with E-state index in [1.165, 1.54) is 6.07 Å². The fourth-order valence-electron chi connectivity index (χ4n) is 4.32. The smallest absolute Gasteiger partial charge is 0.276 e. The van der Waals surface area contributed by atoms with Crippen molar-refractivity contribution >= 4 is 22.9 Å². The van der Waals surface area contributed by atoms with Gasteiger partial charge in [0.1, 0.15) is 5.82 Å². The third-order valence-electron chi connectivity index (χ3n) is 6.05. The number of pyridine rings is 1. The monoisotopic (exact) mass is 520 g/mol. The van der Waals surface area contributed by atoms with Crippen LogP contribution in [0.25, 0.3) is 5.57 Å². The van der Waals surface area contributed by atoms with E-state index < -0.39 is 5.91 Å². The highest BCUT2D eigenvalue weighted by Gasteiger charge is 2.25. The molecule has 3 unspecified atom stereocenters. The Hall–Kier alpha value is -3.58. The molecule has 3 N–H and O–H groups in total. The Bertz CT molecular complexity index is 1200. The second-order valence-corrected chi connectivity index (χ2v) is 9.35. The van der Waals surface area contributed by atoms with Crippen LogP contribution in [0, 0.1) is 11.7 Å². The van der Waals surface area contributed by atoms with E-state index in [2.05, 4.69) is 34.9 Å². The van der Waals surface area contributed by atoms with Gasteiger partial charge in [-0.25, -0.2) is 9.38 Å². The summed E-state index contributed by atoms with van der Waals surface area (Å²) in [4.78, 5) is 21.5. The number of nitrogens with one attached hydrogen (secondary N) is 1. The van der Waals surface area contributed by atoms with Gasteiger partial charge in [0.25, 0.3) is 5.91 Å². The molecule has 6 nitrogen and oxygen atoms in total. The van der Waals surface area contributed by atoms with Crippen molar-refractivity contribution < 1.29 is 13.9 Å². The van der Waals surface area contributed by atoms with Gasteiger partial charge in [-0.3, -0.25) is 9.78 Å². The van der Waals surface area contributed by atoms with Crippen molar-refractivity contribution in [3.8, 4) is 0 Å². The summed E-state index contributed by atoms with van der Waals surface area (Å²) >= 11 is 0. The first-order chi connectivity index (χ1) is 18.2. The van der Waals surface area contributed by atoms with Crippen molar-refractivity contribution in [3.63, 3.8) is 0 Å². The molecule has 2 aromatic rings. The van der Waals surface area contributed by atoms with Crippen LogP contribution in [0.5, 0.6) is 0 Å². The molecule has 0 aliphatic heterocycles. The van der Waals surface area contributed by atoms with Crippen molar-refractivity contribution in [1.82, 2.24) is 4.98 Å². The first-order valence-corrected chi connectivity index (χ1v) is 13.2. The fourth-order valence-corrected chi connectivity index (χ4v) is 4.32. The van der Waals surface area contributed by atoms with Gasteiger partial charge in [0.2, 0.25) is 0 Å². The number of ether oxygens (including phenoxy) is 1. The molecular formula is C31H41FN4O2. The number of halogens is 1. The largest absolute Gasteiger partial charge is 0.397 e. The lowest BCUT2D eigenvalue weighted by molar-refractivity contribution is -0.110. The van der Waals surface area contributed by atoms with Gasteiger partial charge in [-0.2, -0.15) is 0 Å². The summed E-state index contributed by atoms with van der Waals surface area (Å²) in [7, 11) is 0. The molecule has 0 saturated heterocycles. The van der Waals surface area contributed by atoms with Crippen molar-refractivity contribution in [2.75, 3.05) is 5.32 Å². The molecule has 0 radical (unpaired) electrons. The second-order valence-electron chi connectivity index (χ2n) is 9.35. The Kier molecular flexibility index (Phi) is 12.1. The minimum Gasteiger partial charge on any atom is -0.397 e. The van der Waals surface area contributed by atoms with Crippen LogP contribution < -0.4 is 11.1 Å². The zero-order valence-electron chi connectivity index (χ0n) is 23.4. The Balaban J connectivity index is 0.00000247. The quantitative estimate of drug-likeness (QED) is 0.354. The number of aromatic nitrogens is 1. The van der Waals surface area contributed by atoms with Gasteiger partial charge in [0, 0.05) is 17.5 Å². The molecule has 7 heteroatoms.